The Morgan fingerprint density at radius 1 is 1.13 bits per heavy atom. The Kier molecular flexibility index (Phi) is 6.37. The molecule has 2 rings (SSSR count). The van der Waals surface area contributed by atoms with Gasteiger partial charge in [-0.05, 0) is 66.3 Å². The SMILES string of the molecule is CNCCCNC(=O)c1cccc(NC(=O)c2ccc(Br)o2)c1. The Hall–Kier alpha value is -2.12. The number of hydrogen-bond acceptors (Lipinski definition) is 4. The molecule has 7 heteroatoms. The molecule has 0 aliphatic rings. The van der Waals surface area contributed by atoms with E-state index in [0.29, 0.717) is 22.5 Å². The summed E-state index contributed by atoms with van der Waals surface area (Å²) in [6.07, 6.45) is 0.853. The predicted octanol–water partition coefficient (Wildman–Crippen LogP) is 2.63. The van der Waals surface area contributed by atoms with Gasteiger partial charge < -0.3 is 20.4 Å². The molecule has 0 spiro atoms. The Labute approximate surface area is 142 Å². The van der Waals surface area contributed by atoms with Gasteiger partial charge in [0.2, 0.25) is 0 Å². The molecule has 2 amide bonds. The van der Waals surface area contributed by atoms with E-state index < -0.39 is 0 Å². The molecule has 6 nitrogen and oxygen atoms in total. The maximum Gasteiger partial charge on any atom is 0.291 e. The first-order chi connectivity index (χ1) is 11.1. The van der Waals surface area contributed by atoms with Crippen molar-refractivity contribution in [3.05, 3.63) is 52.4 Å². The molecule has 0 radical (unpaired) electrons. The molecule has 0 fully saturated rings. The van der Waals surface area contributed by atoms with Gasteiger partial charge in [0.1, 0.15) is 0 Å². The van der Waals surface area contributed by atoms with Gasteiger partial charge in [-0.15, -0.1) is 0 Å². The third kappa shape index (κ3) is 5.22. The van der Waals surface area contributed by atoms with Crippen LogP contribution in [0, 0.1) is 0 Å². The number of furan rings is 1. The number of hydrogen-bond donors (Lipinski definition) is 3. The lowest BCUT2D eigenvalue weighted by Crippen LogP contribution is -2.26. The molecule has 0 aliphatic carbocycles. The molecule has 0 aliphatic heterocycles. The lowest BCUT2D eigenvalue weighted by molar-refractivity contribution is 0.0951. The fourth-order valence-electron chi connectivity index (χ4n) is 1.94. The van der Waals surface area contributed by atoms with Crippen molar-refractivity contribution in [3.63, 3.8) is 0 Å². The second kappa shape index (κ2) is 8.50. The molecule has 2 aromatic rings. The van der Waals surface area contributed by atoms with E-state index in [2.05, 4.69) is 31.9 Å². The summed E-state index contributed by atoms with van der Waals surface area (Å²) < 4.78 is 5.67. The van der Waals surface area contributed by atoms with E-state index in [9.17, 15) is 9.59 Å². The molecule has 0 saturated heterocycles. The first-order valence-corrected chi connectivity index (χ1v) is 7.99. The maximum atomic E-state index is 12.1. The maximum absolute atomic E-state index is 12.1. The fraction of sp³-hybridized carbons (Fsp3) is 0.250. The predicted molar refractivity (Wildman–Crippen MR) is 91.7 cm³/mol. The van der Waals surface area contributed by atoms with Gasteiger partial charge in [0.05, 0.1) is 0 Å². The summed E-state index contributed by atoms with van der Waals surface area (Å²) in [7, 11) is 1.87. The second-order valence-electron chi connectivity index (χ2n) is 4.85. The minimum atomic E-state index is -0.373. The monoisotopic (exact) mass is 379 g/mol. The Morgan fingerprint density at radius 3 is 2.65 bits per heavy atom. The number of benzene rings is 1. The first-order valence-electron chi connectivity index (χ1n) is 7.19. The van der Waals surface area contributed by atoms with E-state index in [1.807, 2.05) is 7.05 Å². The number of amides is 2. The minimum Gasteiger partial charge on any atom is -0.444 e. The molecule has 0 atom stereocenters. The summed E-state index contributed by atoms with van der Waals surface area (Å²) in [6.45, 7) is 1.44. The molecule has 0 saturated carbocycles. The number of anilines is 1. The topological polar surface area (TPSA) is 83.4 Å². The van der Waals surface area contributed by atoms with Gasteiger partial charge >= 0.3 is 0 Å². The highest BCUT2D eigenvalue weighted by Gasteiger charge is 2.12. The summed E-state index contributed by atoms with van der Waals surface area (Å²) in [4.78, 5) is 24.1. The number of carbonyl (C=O) groups is 2. The molecular weight excluding hydrogens is 362 g/mol. The van der Waals surface area contributed by atoms with Gasteiger partial charge in [0.15, 0.2) is 10.4 Å². The van der Waals surface area contributed by atoms with Crippen LogP contribution < -0.4 is 16.0 Å². The van der Waals surface area contributed by atoms with Gasteiger partial charge in [-0.1, -0.05) is 6.07 Å². The number of halogens is 1. The summed E-state index contributed by atoms with van der Waals surface area (Å²) in [6, 6.07) is 9.97. The molecule has 122 valence electrons. The van der Waals surface area contributed by atoms with Gasteiger partial charge in [-0.3, -0.25) is 9.59 Å². The van der Waals surface area contributed by atoms with Crippen molar-refractivity contribution in [1.29, 1.82) is 0 Å². The van der Waals surface area contributed by atoms with Crippen molar-refractivity contribution >= 4 is 33.4 Å². The third-order valence-corrected chi connectivity index (χ3v) is 3.49. The van der Waals surface area contributed by atoms with Gasteiger partial charge in [0.25, 0.3) is 11.8 Å². The summed E-state index contributed by atoms with van der Waals surface area (Å²) >= 11 is 3.15. The van der Waals surface area contributed by atoms with Crippen LogP contribution in [-0.4, -0.2) is 32.0 Å². The molecule has 3 N–H and O–H groups in total. The number of rotatable bonds is 7. The zero-order chi connectivity index (χ0) is 16.7. The van der Waals surface area contributed by atoms with E-state index >= 15 is 0 Å². The van der Waals surface area contributed by atoms with Gasteiger partial charge in [0, 0.05) is 17.8 Å². The third-order valence-electron chi connectivity index (χ3n) is 3.07. The molecule has 1 aromatic heterocycles. The average Bonchev–Trinajstić information content (AvgIpc) is 2.98. The molecule has 1 heterocycles. The zero-order valence-electron chi connectivity index (χ0n) is 12.7. The molecule has 23 heavy (non-hydrogen) atoms. The normalized spacial score (nSPS) is 10.3. The lowest BCUT2D eigenvalue weighted by Gasteiger charge is -2.07. The minimum absolute atomic E-state index is 0.169. The summed E-state index contributed by atoms with van der Waals surface area (Å²) in [5, 5.41) is 8.55. The van der Waals surface area contributed by atoms with Crippen molar-refractivity contribution in [2.75, 3.05) is 25.5 Å². The van der Waals surface area contributed by atoms with Crippen LogP contribution in [-0.2, 0) is 0 Å². The summed E-state index contributed by atoms with van der Waals surface area (Å²) in [5.74, 6) is -0.348. The Balaban J connectivity index is 1.96. The Bertz CT molecular complexity index is 685. The molecule has 0 bridgehead atoms. The second-order valence-corrected chi connectivity index (χ2v) is 5.63. The van der Waals surface area contributed by atoms with Crippen LogP contribution in [0.25, 0.3) is 0 Å². The van der Waals surface area contributed by atoms with Crippen molar-refractivity contribution in [2.24, 2.45) is 0 Å². The quantitative estimate of drug-likeness (QED) is 0.645. The largest absolute Gasteiger partial charge is 0.444 e. The first kappa shape index (κ1) is 17.2. The van der Waals surface area contributed by atoms with E-state index in [-0.39, 0.29) is 17.6 Å². The van der Waals surface area contributed by atoms with Gasteiger partial charge in [-0.2, -0.15) is 0 Å². The van der Waals surface area contributed by atoms with Crippen molar-refractivity contribution in [1.82, 2.24) is 10.6 Å². The molecule has 0 unspecified atom stereocenters. The van der Waals surface area contributed by atoms with Crippen LogP contribution in [0.15, 0.2) is 45.5 Å². The van der Waals surface area contributed by atoms with E-state index in [1.165, 1.54) is 0 Å². The van der Waals surface area contributed by atoms with Crippen molar-refractivity contribution in [2.45, 2.75) is 6.42 Å². The van der Waals surface area contributed by atoms with Crippen LogP contribution in [0.3, 0.4) is 0 Å². The van der Waals surface area contributed by atoms with Crippen molar-refractivity contribution < 1.29 is 14.0 Å². The average molecular weight is 380 g/mol. The van der Waals surface area contributed by atoms with Gasteiger partial charge in [-0.25, -0.2) is 0 Å². The molecule has 1 aromatic carbocycles. The van der Waals surface area contributed by atoms with Crippen LogP contribution in [0.5, 0.6) is 0 Å². The van der Waals surface area contributed by atoms with Crippen LogP contribution in [0.2, 0.25) is 0 Å². The van der Waals surface area contributed by atoms with Crippen LogP contribution in [0.4, 0.5) is 5.69 Å². The Morgan fingerprint density at radius 2 is 1.96 bits per heavy atom. The van der Waals surface area contributed by atoms with Crippen molar-refractivity contribution in [3.8, 4) is 0 Å². The van der Waals surface area contributed by atoms with Crippen LogP contribution in [0.1, 0.15) is 27.3 Å². The van der Waals surface area contributed by atoms with E-state index in [1.54, 1.807) is 36.4 Å². The highest BCUT2D eigenvalue weighted by Crippen LogP contribution is 2.16. The smallest absolute Gasteiger partial charge is 0.291 e. The fourth-order valence-corrected chi connectivity index (χ4v) is 2.24. The number of nitrogens with one attached hydrogen (secondary N) is 3. The lowest BCUT2D eigenvalue weighted by atomic mass is 10.2. The van der Waals surface area contributed by atoms with E-state index in [0.717, 1.165) is 13.0 Å². The van der Waals surface area contributed by atoms with Crippen LogP contribution >= 0.6 is 15.9 Å². The number of carbonyl (C=O) groups excluding carboxylic acids is 2. The molecular formula is C16H18BrN3O3. The van der Waals surface area contributed by atoms with E-state index in [4.69, 9.17) is 4.42 Å². The highest BCUT2D eigenvalue weighted by molar-refractivity contribution is 9.10. The summed E-state index contributed by atoms with van der Waals surface area (Å²) in [5.41, 5.74) is 1.03. The highest BCUT2D eigenvalue weighted by atomic mass is 79.9. The standard InChI is InChI=1S/C16H18BrN3O3/c1-18-8-3-9-19-15(21)11-4-2-5-12(10-11)20-16(22)13-6-7-14(17)23-13/h2,4-7,10,18H,3,8-9H2,1H3,(H,19,21)(H,20,22). The zero-order valence-corrected chi connectivity index (χ0v) is 14.3.